The van der Waals surface area contributed by atoms with E-state index in [2.05, 4.69) is 26.4 Å². The molecule has 8 nitrogen and oxygen atoms in total. The molecule has 8 heteroatoms. The van der Waals surface area contributed by atoms with Gasteiger partial charge in [-0.2, -0.15) is 10.4 Å². The van der Waals surface area contributed by atoms with Gasteiger partial charge in [0.15, 0.2) is 5.65 Å². The highest BCUT2D eigenvalue weighted by molar-refractivity contribution is 5.77. The predicted molar refractivity (Wildman–Crippen MR) is 116 cm³/mol. The first-order valence-electron chi connectivity index (χ1n) is 10.8. The first-order valence-corrected chi connectivity index (χ1v) is 10.8. The van der Waals surface area contributed by atoms with E-state index in [1.165, 1.54) is 0 Å². The van der Waals surface area contributed by atoms with Crippen LogP contribution in [-0.4, -0.2) is 57.1 Å². The van der Waals surface area contributed by atoms with Crippen molar-refractivity contribution in [1.82, 2.24) is 24.8 Å². The fourth-order valence-corrected chi connectivity index (χ4v) is 4.84. The zero-order valence-corrected chi connectivity index (χ0v) is 17.3. The summed E-state index contributed by atoms with van der Waals surface area (Å²) in [6.45, 7) is 2.82. The average Bonchev–Trinajstić information content (AvgIpc) is 3.39. The van der Waals surface area contributed by atoms with E-state index in [1.54, 1.807) is 6.33 Å². The summed E-state index contributed by atoms with van der Waals surface area (Å²) in [6.07, 6.45) is 4.25. The lowest BCUT2D eigenvalue weighted by Gasteiger charge is -2.42. The number of aromatic nitrogens is 3. The normalized spacial score (nSPS) is 20.2. The molecule has 2 saturated heterocycles. The third-order valence-corrected chi connectivity index (χ3v) is 6.33. The molecule has 2 aromatic heterocycles. The summed E-state index contributed by atoms with van der Waals surface area (Å²) in [4.78, 5) is 21.5. The number of hydrogen-bond donors (Lipinski definition) is 1. The second kappa shape index (κ2) is 8.36. The molecular formula is C23H25N7O. The molecule has 1 aromatic carbocycles. The van der Waals surface area contributed by atoms with Gasteiger partial charge in [0.05, 0.1) is 17.3 Å². The third kappa shape index (κ3) is 3.84. The molecule has 3 aromatic rings. The molecule has 4 heterocycles. The lowest BCUT2D eigenvalue weighted by molar-refractivity contribution is -0.132. The molecule has 5 rings (SSSR count). The number of amides is 1. The number of benzene rings is 1. The van der Waals surface area contributed by atoms with Gasteiger partial charge in [-0.1, -0.05) is 6.07 Å². The molecule has 1 amide bonds. The fraction of sp³-hybridized carbons (Fsp3) is 0.391. The van der Waals surface area contributed by atoms with Crippen LogP contribution < -0.4 is 10.2 Å². The van der Waals surface area contributed by atoms with E-state index in [1.807, 2.05) is 51.9 Å². The maximum atomic E-state index is 12.8. The molecule has 2 atom stereocenters. The zero-order valence-electron chi connectivity index (χ0n) is 17.3. The van der Waals surface area contributed by atoms with Gasteiger partial charge in [0.25, 0.3) is 0 Å². The van der Waals surface area contributed by atoms with Gasteiger partial charge in [0.1, 0.15) is 6.33 Å². The smallest absolute Gasteiger partial charge is 0.223 e. The number of likely N-dealkylation sites (tertiary alicyclic amines) is 1. The third-order valence-electron chi connectivity index (χ3n) is 6.33. The molecule has 2 fully saturated rings. The van der Waals surface area contributed by atoms with Gasteiger partial charge in [-0.25, -0.2) is 9.50 Å². The number of fused-ring (bicyclic) bond motifs is 3. The largest absolute Gasteiger partial charge is 0.362 e. The highest BCUT2D eigenvalue weighted by Crippen LogP contribution is 2.35. The van der Waals surface area contributed by atoms with Gasteiger partial charge in [-0.3, -0.25) is 4.79 Å². The van der Waals surface area contributed by atoms with Crippen LogP contribution in [0.4, 0.5) is 5.69 Å². The monoisotopic (exact) mass is 415 g/mol. The van der Waals surface area contributed by atoms with Crippen LogP contribution in [0.1, 0.15) is 30.5 Å². The number of pyridine rings is 1. The Labute approximate surface area is 181 Å². The van der Waals surface area contributed by atoms with Gasteiger partial charge in [-0.15, -0.1) is 0 Å². The summed E-state index contributed by atoms with van der Waals surface area (Å²) < 4.78 is 1.81. The number of nitrogens with zero attached hydrogens (tertiary/aromatic N) is 6. The van der Waals surface area contributed by atoms with Crippen LogP contribution in [0, 0.1) is 11.3 Å². The quantitative estimate of drug-likeness (QED) is 0.619. The highest BCUT2D eigenvalue weighted by atomic mass is 16.2. The van der Waals surface area contributed by atoms with Crippen LogP contribution in [0.25, 0.3) is 5.65 Å². The first-order chi connectivity index (χ1) is 15.2. The minimum atomic E-state index is 0.211. The van der Waals surface area contributed by atoms with E-state index in [0.29, 0.717) is 37.2 Å². The molecule has 2 aliphatic rings. The van der Waals surface area contributed by atoms with E-state index in [9.17, 15) is 4.79 Å². The van der Waals surface area contributed by atoms with Gasteiger partial charge >= 0.3 is 0 Å². The Balaban J connectivity index is 1.14. The molecule has 158 valence electrons. The van der Waals surface area contributed by atoms with Crippen molar-refractivity contribution in [3.63, 3.8) is 0 Å². The van der Waals surface area contributed by atoms with Crippen molar-refractivity contribution in [1.29, 1.82) is 5.26 Å². The molecule has 0 aliphatic carbocycles. The lowest BCUT2D eigenvalue weighted by Crippen LogP contribution is -2.55. The Morgan fingerprint density at radius 2 is 1.90 bits per heavy atom. The summed E-state index contributed by atoms with van der Waals surface area (Å²) in [5.74, 6) is 0.211. The van der Waals surface area contributed by atoms with E-state index in [-0.39, 0.29) is 5.91 Å². The van der Waals surface area contributed by atoms with Crippen LogP contribution in [0.15, 0.2) is 48.8 Å². The number of piperazine rings is 1. The maximum Gasteiger partial charge on any atom is 0.223 e. The first kappa shape index (κ1) is 19.5. The number of carbonyl (C=O) groups is 1. The van der Waals surface area contributed by atoms with Crippen molar-refractivity contribution in [2.75, 3.05) is 24.5 Å². The second-order valence-electron chi connectivity index (χ2n) is 8.22. The van der Waals surface area contributed by atoms with E-state index in [4.69, 9.17) is 5.26 Å². The topological polar surface area (TPSA) is 89.6 Å². The average molecular weight is 416 g/mol. The number of nitriles is 1. The summed E-state index contributed by atoms with van der Waals surface area (Å²) in [5, 5.41) is 16.6. The summed E-state index contributed by atoms with van der Waals surface area (Å²) in [6, 6.07) is 16.6. The molecule has 0 saturated carbocycles. The second-order valence-corrected chi connectivity index (χ2v) is 8.22. The minimum absolute atomic E-state index is 0.211. The van der Waals surface area contributed by atoms with E-state index in [0.717, 1.165) is 43.0 Å². The highest BCUT2D eigenvalue weighted by Gasteiger charge is 2.41. The Bertz CT molecular complexity index is 1100. The van der Waals surface area contributed by atoms with Gasteiger partial charge < -0.3 is 15.1 Å². The molecule has 0 spiro atoms. The van der Waals surface area contributed by atoms with Crippen LogP contribution in [0.5, 0.6) is 0 Å². The standard InChI is InChI=1S/C23H25N7O/c24-12-17-4-6-18(7-5-17)29-20-8-9-21(29)15-28(14-20)23(31)10-11-25-13-19-2-1-3-22-26-16-27-30(19)22/h1-7,16,20-21,25H,8-11,13-15H2. The fourth-order valence-electron chi connectivity index (χ4n) is 4.84. The molecular weight excluding hydrogens is 390 g/mol. The Hall–Kier alpha value is -3.44. The molecule has 1 N–H and O–H groups in total. The molecule has 2 bridgehead atoms. The maximum absolute atomic E-state index is 12.8. The van der Waals surface area contributed by atoms with Crippen molar-refractivity contribution in [3.8, 4) is 6.07 Å². The van der Waals surface area contributed by atoms with Crippen molar-refractivity contribution in [2.24, 2.45) is 0 Å². The zero-order chi connectivity index (χ0) is 21.2. The molecule has 2 aliphatic heterocycles. The molecule has 0 radical (unpaired) electrons. The number of rotatable bonds is 6. The summed E-state index contributed by atoms with van der Waals surface area (Å²) >= 11 is 0. The lowest BCUT2D eigenvalue weighted by atomic mass is 10.1. The van der Waals surface area contributed by atoms with E-state index >= 15 is 0 Å². The number of hydrogen-bond acceptors (Lipinski definition) is 6. The number of anilines is 1. The van der Waals surface area contributed by atoms with Crippen molar-refractivity contribution >= 4 is 17.2 Å². The van der Waals surface area contributed by atoms with Crippen LogP contribution >= 0.6 is 0 Å². The molecule has 2 unspecified atom stereocenters. The number of carbonyl (C=O) groups excluding carboxylic acids is 1. The Morgan fingerprint density at radius 1 is 1.13 bits per heavy atom. The number of nitrogens with one attached hydrogen (secondary N) is 1. The van der Waals surface area contributed by atoms with Crippen molar-refractivity contribution in [2.45, 2.75) is 37.9 Å². The van der Waals surface area contributed by atoms with Crippen molar-refractivity contribution < 1.29 is 4.79 Å². The Morgan fingerprint density at radius 3 is 2.65 bits per heavy atom. The summed E-state index contributed by atoms with van der Waals surface area (Å²) in [5.41, 5.74) is 3.68. The Kier molecular flexibility index (Phi) is 5.26. The van der Waals surface area contributed by atoms with Crippen molar-refractivity contribution in [3.05, 3.63) is 60.0 Å². The van der Waals surface area contributed by atoms with Crippen LogP contribution in [0.3, 0.4) is 0 Å². The van der Waals surface area contributed by atoms with E-state index < -0.39 is 0 Å². The predicted octanol–water partition coefficient (Wildman–Crippen LogP) is 1.96. The van der Waals surface area contributed by atoms with Crippen LogP contribution in [-0.2, 0) is 11.3 Å². The van der Waals surface area contributed by atoms with Crippen LogP contribution in [0.2, 0.25) is 0 Å². The molecule has 31 heavy (non-hydrogen) atoms. The summed E-state index contributed by atoms with van der Waals surface area (Å²) in [7, 11) is 0. The minimum Gasteiger partial charge on any atom is -0.362 e. The van der Waals surface area contributed by atoms with Gasteiger partial charge in [-0.05, 0) is 49.2 Å². The van der Waals surface area contributed by atoms with Gasteiger partial charge in [0, 0.05) is 50.4 Å². The van der Waals surface area contributed by atoms with Gasteiger partial charge in [0.2, 0.25) is 5.91 Å². The SMILES string of the molecule is N#Cc1ccc(N2C3CCC2CN(C(=O)CCNCc2cccc4ncnn24)C3)cc1.